The summed E-state index contributed by atoms with van der Waals surface area (Å²) in [6.45, 7) is 4.36. The Bertz CT molecular complexity index is 659. The predicted octanol–water partition coefficient (Wildman–Crippen LogP) is 2.70. The van der Waals surface area contributed by atoms with Crippen molar-refractivity contribution in [2.75, 3.05) is 6.54 Å². The van der Waals surface area contributed by atoms with E-state index in [0.717, 1.165) is 11.1 Å². The molecule has 1 unspecified atom stereocenters. The van der Waals surface area contributed by atoms with Crippen LogP contribution in [0.25, 0.3) is 0 Å². The molecule has 0 aliphatic heterocycles. The second kappa shape index (κ2) is 8.82. The van der Waals surface area contributed by atoms with E-state index in [9.17, 15) is 9.59 Å². The van der Waals surface area contributed by atoms with Crippen molar-refractivity contribution in [3.05, 3.63) is 66.0 Å². The molecule has 2 aromatic rings. The molecule has 126 valence electrons. The number of carbonyl (C=O) groups is 2. The maximum atomic E-state index is 12.1. The predicted molar refractivity (Wildman–Crippen MR) is 92.9 cm³/mol. The lowest BCUT2D eigenvalue weighted by molar-refractivity contribution is -0.130. The minimum absolute atomic E-state index is 0.0352. The van der Waals surface area contributed by atoms with Crippen LogP contribution < -0.4 is 5.32 Å². The van der Waals surface area contributed by atoms with E-state index in [-0.39, 0.29) is 24.3 Å². The summed E-state index contributed by atoms with van der Waals surface area (Å²) in [7, 11) is 0. The minimum atomic E-state index is -0.105. The van der Waals surface area contributed by atoms with Crippen LogP contribution in [0.3, 0.4) is 0 Å². The zero-order valence-corrected chi connectivity index (χ0v) is 14.1. The maximum Gasteiger partial charge on any atom is 0.222 e. The fourth-order valence-corrected chi connectivity index (χ4v) is 2.42. The highest BCUT2D eigenvalue weighted by atomic mass is 16.2. The van der Waals surface area contributed by atoms with Crippen molar-refractivity contribution in [1.82, 2.24) is 15.2 Å². The molecule has 0 spiro atoms. The molecule has 24 heavy (non-hydrogen) atoms. The van der Waals surface area contributed by atoms with Gasteiger partial charge in [-0.25, -0.2) is 0 Å². The summed E-state index contributed by atoms with van der Waals surface area (Å²) in [5, 5.41) is 2.94. The van der Waals surface area contributed by atoms with E-state index in [1.807, 2.05) is 49.4 Å². The van der Waals surface area contributed by atoms with Crippen molar-refractivity contribution in [2.45, 2.75) is 32.9 Å². The van der Waals surface area contributed by atoms with Gasteiger partial charge in [-0.1, -0.05) is 36.4 Å². The Labute approximate surface area is 142 Å². The summed E-state index contributed by atoms with van der Waals surface area (Å²) in [5.74, 6) is -0.113. The Hall–Kier alpha value is -2.69. The first kappa shape index (κ1) is 17.7. The second-order valence-corrected chi connectivity index (χ2v) is 5.75. The molecular formula is C19H23N3O2. The molecule has 0 bridgehead atoms. The van der Waals surface area contributed by atoms with Crippen LogP contribution >= 0.6 is 0 Å². The van der Waals surface area contributed by atoms with Crippen molar-refractivity contribution >= 4 is 11.8 Å². The average Bonchev–Trinajstić information content (AvgIpc) is 2.60. The maximum absolute atomic E-state index is 12.1. The highest BCUT2D eigenvalue weighted by Gasteiger charge is 2.14. The molecular weight excluding hydrogens is 302 g/mol. The van der Waals surface area contributed by atoms with Gasteiger partial charge in [0.25, 0.3) is 0 Å². The van der Waals surface area contributed by atoms with Crippen molar-refractivity contribution in [2.24, 2.45) is 0 Å². The quantitative estimate of drug-likeness (QED) is 0.851. The number of hydrogen-bond acceptors (Lipinski definition) is 3. The number of pyridine rings is 1. The summed E-state index contributed by atoms with van der Waals surface area (Å²) in [6, 6.07) is 13.4. The van der Waals surface area contributed by atoms with Gasteiger partial charge < -0.3 is 10.2 Å². The number of carbonyl (C=O) groups excluding carboxylic acids is 2. The van der Waals surface area contributed by atoms with E-state index >= 15 is 0 Å². The Morgan fingerprint density at radius 1 is 1.17 bits per heavy atom. The first-order chi connectivity index (χ1) is 11.6. The number of nitrogens with zero attached hydrogens (tertiary/aromatic N) is 2. The molecule has 0 fully saturated rings. The number of amides is 2. The third-order valence-electron chi connectivity index (χ3n) is 3.83. The first-order valence-electron chi connectivity index (χ1n) is 8.05. The summed E-state index contributed by atoms with van der Waals surface area (Å²) >= 11 is 0. The monoisotopic (exact) mass is 325 g/mol. The third-order valence-corrected chi connectivity index (χ3v) is 3.83. The SMILES string of the molecule is CC(=O)N(CCC(=O)NC(C)c1cccnc1)Cc1ccccc1. The highest BCUT2D eigenvalue weighted by molar-refractivity contribution is 5.78. The molecule has 0 aliphatic carbocycles. The van der Waals surface area contributed by atoms with Crippen LogP contribution in [-0.2, 0) is 16.1 Å². The minimum Gasteiger partial charge on any atom is -0.349 e. The van der Waals surface area contributed by atoms with Gasteiger partial charge in [0.1, 0.15) is 0 Å². The van der Waals surface area contributed by atoms with Crippen LogP contribution in [0.4, 0.5) is 0 Å². The van der Waals surface area contributed by atoms with Gasteiger partial charge >= 0.3 is 0 Å². The zero-order chi connectivity index (χ0) is 17.4. The number of hydrogen-bond donors (Lipinski definition) is 1. The molecule has 0 aliphatic rings. The Balaban J connectivity index is 1.85. The fraction of sp³-hybridized carbons (Fsp3) is 0.316. The standard InChI is InChI=1S/C19H23N3O2/c1-15(18-9-6-11-20-13-18)21-19(24)10-12-22(16(2)23)14-17-7-4-3-5-8-17/h3-9,11,13,15H,10,12,14H2,1-2H3,(H,21,24). The van der Waals surface area contributed by atoms with Crippen molar-refractivity contribution < 1.29 is 9.59 Å². The lowest BCUT2D eigenvalue weighted by Gasteiger charge is -2.21. The summed E-state index contributed by atoms with van der Waals surface area (Å²) < 4.78 is 0. The third kappa shape index (κ3) is 5.50. The van der Waals surface area contributed by atoms with Crippen LogP contribution in [-0.4, -0.2) is 28.2 Å². The van der Waals surface area contributed by atoms with Crippen LogP contribution in [0.15, 0.2) is 54.9 Å². The highest BCUT2D eigenvalue weighted by Crippen LogP contribution is 2.10. The Morgan fingerprint density at radius 2 is 1.92 bits per heavy atom. The fourth-order valence-electron chi connectivity index (χ4n) is 2.42. The van der Waals surface area contributed by atoms with Crippen molar-refractivity contribution in [1.29, 1.82) is 0 Å². The molecule has 1 aromatic carbocycles. The molecule has 1 N–H and O–H groups in total. The second-order valence-electron chi connectivity index (χ2n) is 5.75. The van der Waals surface area contributed by atoms with Gasteiger partial charge in [0.2, 0.25) is 11.8 Å². The number of nitrogens with one attached hydrogen (secondary N) is 1. The number of rotatable bonds is 7. The van der Waals surface area contributed by atoms with Gasteiger partial charge in [-0.15, -0.1) is 0 Å². The Morgan fingerprint density at radius 3 is 2.54 bits per heavy atom. The largest absolute Gasteiger partial charge is 0.349 e. The van der Waals surface area contributed by atoms with E-state index in [1.54, 1.807) is 17.3 Å². The van der Waals surface area contributed by atoms with Crippen molar-refractivity contribution in [3.63, 3.8) is 0 Å². The van der Waals surface area contributed by atoms with Gasteiger partial charge in [0.05, 0.1) is 6.04 Å². The van der Waals surface area contributed by atoms with Crippen LogP contribution in [0.2, 0.25) is 0 Å². The molecule has 1 aromatic heterocycles. The topological polar surface area (TPSA) is 62.3 Å². The van der Waals surface area contributed by atoms with E-state index in [1.165, 1.54) is 6.92 Å². The van der Waals surface area contributed by atoms with Gasteiger partial charge in [-0.3, -0.25) is 14.6 Å². The van der Waals surface area contributed by atoms with Gasteiger partial charge in [-0.2, -0.15) is 0 Å². The van der Waals surface area contributed by atoms with E-state index < -0.39 is 0 Å². The smallest absolute Gasteiger partial charge is 0.222 e. The molecule has 0 saturated heterocycles. The van der Waals surface area contributed by atoms with Crippen LogP contribution in [0.1, 0.15) is 37.4 Å². The van der Waals surface area contributed by atoms with Gasteiger partial charge in [0.15, 0.2) is 0 Å². The molecule has 2 rings (SSSR count). The Kier molecular flexibility index (Phi) is 6.49. The zero-order valence-electron chi connectivity index (χ0n) is 14.1. The first-order valence-corrected chi connectivity index (χ1v) is 8.05. The van der Waals surface area contributed by atoms with Crippen LogP contribution in [0, 0.1) is 0 Å². The lowest BCUT2D eigenvalue weighted by atomic mass is 10.1. The molecule has 0 radical (unpaired) electrons. The average molecular weight is 325 g/mol. The molecule has 1 atom stereocenters. The molecule has 2 amide bonds. The molecule has 5 heteroatoms. The summed E-state index contributed by atoms with van der Waals surface area (Å²) in [4.78, 5) is 29.7. The van der Waals surface area contributed by atoms with E-state index in [2.05, 4.69) is 10.3 Å². The molecule has 0 saturated carbocycles. The lowest BCUT2D eigenvalue weighted by Crippen LogP contribution is -2.34. The molecule has 5 nitrogen and oxygen atoms in total. The molecule has 1 heterocycles. The van der Waals surface area contributed by atoms with Gasteiger partial charge in [0, 0.05) is 38.8 Å². The number of aromatic nitrogens is 1. The normalized spacial score (nSPS) is 11.6. The number of benzene rings is 1. The van der Waals surface area contributed by atoms with Gasteiger partial charge in [-0.05, 0) is 24.1 Å². The van der Waals surface area contributed by atoms with E-state index in [0.29, 0.717) is 13.1 Å². The summed E-state index contributed by atoms with van der Waals surface area (Å²) in [5.41, 5.74) is 2.01. The van der Waals surface area contributed by atoms with Crippen molar-refractivity contribution in [3.8, 4) is 0 Å². The summed E-state index contributed by atoms with van der Waals surface area (Å²) in [6.07, 6.45) is 3.71. The van der Waals surface area contributed by atoms with Crippen LogP contribution in [0.5, 0.6) is 0 Å². The van der Waals surface area contributed by atoms with E-state index in [4.69, 9.17) is 0 Å².